The lowest BCUT2D eigenvalue weighted by Crippen LogP contribution is -2.37. The number of rotatable bonds is 10. The van der Waals surface area contributed by atoms with Gasteiger partial charge >= 0.3 is 0 Å². The molecule has 0 heterocycles. The van der Waals surface area contributed by atoms with E-state index in [1.54, 1.807) is 30.3 Å². The molecule has 3 rings (SSSR count). The number of anilines is 1. The molecule has 0 fully saturated rings. The molecule has 3 aromatic carbocycles. The van der Waals surface area contributed by atoms with Crippen molar-refractivity contribution in [3.63, 3.8) is 0 Å². The third-order valence-corrected chi connectivity index (χ3v) is 6.95. The van der Waals surface area contributed by atoms with Crippen molar-refractivity contribution in [2.24, 2.45) is 0 Å². The SMILES string of the molecule is COc1ccc(OC)c(S(=O)(=O)N(CC(=O)Nc2cc(C)ccc2OC)Cc2ccccc2)c1. The van der Waals surface area contributed by atoms with Crippen LogP contribution in [0.15, 0.2) is 71.6 Å². The summed E-state index contributed by atoms with van der Waals surface area (Å²) in [7, 11) is 0.187. The molecule has 0 unspecified atom stereocenters. The lowest BCUT2D eigenvalue weighted by atomic mass is 10.2. The molecule has 0 spiro atoms. The first kappa shape index (κ1) is 25.1. The molecule has 0 saturated carbocycles. The predicted molar refractivity (Wildman–Crippen MR) is 130 cm³/mol. The van der Waals surface area contributed by atoms with Crippen LogP contribution in [-0.2, 0) is 21.4 Å². The molecule has 34 heavy (non-hydrogen) atoms. The standard InChI is InChI=1S/C25H28N2O6S/c1-18-10-12-22(32-3)21(14-18)26-25(28)17-27(16-19-8-6-5-7-9-19)34(29,30)24-15-20(31-2)11-13-23(24)33-4/h5-15H,16-17H2,1-4H3,(H,26,28). The molecule has 0 atom stereocenters. The number of carbonyl (C=O) groups excluding carboxylic acids is 1. The van der Waals surface area contributed by atoms with Crippen LogP contribution in [0.25, 0.3) is 0 Å². The average Bonchev–Trinajstić information content (AvgIpc) is 2.84. The highest BCUT2D eigenvalue weighted by atomic mass is 32.2. The number of hydrogen-bond acceptors (Lipinski definition) is 6. The Morgan fingerprint density at radius 2 is 1.56 bits per heavy atom. The zero-order valence-corrected chi connectivity index (χ0v) is 20.4. The highest BCUT2D eigenvalue weighted by Crippen LogP contribution is 2.31. The molecule has 0 radical (unpaired) electrons. The summed E-state index contributed by atoms with van der Waals surface area (Å²) in [6.45, 7) is 1.45. The number of methoxy groups -OCH3 is 3. The molecule has 8 nitrogen and oxygen atoms in total. The maximum Gasteiger partial charge on any atom is 0.247 e. The Morgan fingerprint density at radius 1 is 0.882 bits per heavy atom. The second-order valence-corrected chi connectivity index (χ2v) is 9.43. The van der Waals surface area contributed by atoms with Crippen LogP contribution in [0.1, 0.15) is 11.1 Å². The van der Waals surface area contributed by atoms with E-state index in [4.69, 9.17) is 14.2 Å². The lowest BCUT2D eigenvalue weighted by molar-refractivity contribution is -0.116. The molecular weight excluding hydrogens is 456 g/mol. The first-order valence-corrected chi connectivity index (χ1v) is 11.9. The third-order valence-electron chi connectivity index (χ3n) is 5.14. The Kier molecular flexibility index (Phi) is 8.14. The van der Waals surface area contributed by atoms with Crippen LogP contribution >= 0.6 is 0 Å². The molecule has 9 heteroatoms. The number of benzene rings is 3. The van der Waals surface area contributed by atoms with Crippen molar-refractivity contribution in [2.45, 2.75) is 18.4 Å². The van der Waals surface area contributed by atoms with Crippen molar-refractivity contribution in [2.75, 3.05) is 33.2 Å². The van der Waals surface area contributed by atoms with Gasteiger partial charge in [0, 0.05) is 12.6 Å². The largest absolute Gasteiger partial charge is 0.497 e. The molecule has 0 aliphatic rings. The van der Waals surface area contributed by atoms with Crippen molar-refractivity contribution >= 4 is 21.6 Å². The Morgan fingerprint density at radius 3 is 2.21 bits per heavy atom. The molecule has 0 aliphatic heterocycles. The van der Waals surface area contributed by atoms with E-state index in [9.17, 15) is 13.2 Å². The van der Waals surface area contributed by atoms with Crippen molar-refractivity contribution in [1.82, 2.24) is 4.31 Å². The van der Waals surface area contributed by atoms with Gasteiger partial charge in [0.15, 0.2) is 0 Å². The summed E-state index contributed by atoms with van der Waals surface area (Å²) in [6, 6.07) is 18.9. The van der Waals surface area contributed by atoms with Crippen LogP contribution in [0.4, 0.5) is 5.69 Å². The Labute approximate surface area is 200 Å². The highest BCUT2D eigenvalue weighted by Gasteiger charge is 2.30. The van der Waals surface area contributed by atoms with E-state index in [0.717, 1.165) is 15.4 Å². The first-order chi connectivity index (χ1) is 16.3. The van der Waals surface area contributed by atoms with Crippen LogP contribution in [0, 0.1) is 6.92 Å². The van der Waals surface area contributed by atoms with Crippen LogP contribution < -0.4 is 19.5 Å². The van der Waals surface area contributed by atoms with Crippen molar-refractivity contribution in [3.8, 4) is 17.2 Å². The van der Waals surface area contributed by atoms with Crippen LogP contribution in [0.5, 0.6) is 17.2 Å². The van der Waals surface area contributed by atoms with E-state index in [1.807, 2.05) is 31.2 Å². The van der Waals surface area contributed by atoms with Gasteiger partial charge in [0.2, 0.25) is 15.9 Å². The summed E-state index contributed by atoms with van der Waals surface area (Å²) in [5, 5.41) is 2.77. The Bertz CT molecular complexity index is 1250. The highest BCUT2D eigenvalue weighted by molar-refractivity contribution is 7.89. The third kappa shape index (κ3) is 5.86. The van der Waals surface area contributed by atoms with Crippen molar-refractivity contribution < 1.29 is 27.4 Å². The van der Waals surface area contributed by atoms with E-state index in [-0.39, 0.29) is 17.2 Å². The van der Waals surface area contributed by atoms with Gasteiger partial charge in [-0.05, 0) is 42.3 Å². The van der Waals surface area contributed by atoms with Crippen LogP contribution in [-0.4, -0.2) is 46.5 Å². The maximum absolute atomic E-state index is 13.7. The molecule has 3 aromatic rings. The quantitative estimate of drug-likeness (QED) is 0.470. The zero-order valence-electron chi connectivity index (χ0n) is 19.6. The molecule has 0 bridgehead atoms. The minimum absolute atomic E-state index is 0.0120. The predicted octanol–water partition coefficient (Wildman–Crippen LogP) is 3.85. The van der Waals surface area contributed by atoms with Gasteiger partial charge in [0.25, 0.3) is 0 Å². The fraction of sp³-hybridized carbons (Fsp3) is 0.240. The number of nitrogens with zero attached hydrogens (tertiary/aromatic N) is 1. The van der Waals surface area contributed by atoms with Crippen LogP contribution in [0.3, 0.4) is 0 Å². The first-order valence-electron chi connectivity index (χ1n) is 10.5. The average molecular weight is 485 g/mol. The molecule has 0 aliphatic carbocycles. The summed E-state index contributed by atoms with van der Waals surface area (Å²) in [5.41, 5.74) is 2.11. The number of ether oxygens (including phenoxy) is 3. The number of nitrogens with one attached hydrogen (secondary N) is 1. The Balaban J connectivity index is 1.97. The summed E-state index contributed by atoms with van der Waals surface area (Å²) in [4.78, 5) is 12.9. The minimum atomic E-state index is -4.15. The van der Waals surface area contributed by atoms with Gasteiger partial charge in [-0.25, -0.2) is 8.42 Å². The molecular formula is C25H28N2O6S. The molecule has 1 amide bonds. The van der Waals surface area contributed by atoms with E-state index < -0.39 is 22.5 Å². The number of hydrogen-bond donors (Lipinski definition) is 1. The van der Waals surface area contributed by atoms with Crippen molar-refractivity contribution in [3.05, 3.63) is 77.9 Å². The molecule has 0 aromatic heterocycles. The van der Waals surface area contributed by atoms with E-state index in [0.29, 0.717) is 17.2 Å². The van der Waals surface area contributed by atoms with Gasteiger partial charge in [-0.1, -0.05) is 36.4 Å². The fourth-order valence-electron chi connectivity index (χ4n) is 3.41. The number of aryl methyl sites for hydroxylation is 1. The van der Waals surface area contributed by atoms with Crippen molar-refractivity contribution in [1.29, 1.82) is 0 Å². The molecule has 180 valence electrons. The van der Waals surface area contributed by atoms with Gasteiger partial charge in [-0.15, -0.1) is 0 Å². The normalized spacial score (nSPS) is 11.2. The number of carbonyl (C=O) groups is 1. The zero-order chi connectivity index (χ0) is 24.7. The van der Waals surface area contributed by atoms with E-state index in [2.05, 4.69) is 5.32 Å². The second-order valence-electron chi connectivity index (χ2n) is 7.53. The minimum Gasteiger partial charge on any atom is -0.497 e. The van der Waals surface area contributed by atoms with Crippen LogP contribution in [0.2, 0.25) is 0 Å². The van der Waals surface area contributed by atoms with E-state index >= 15 is 0 Å². The topological polar surface area (TPSA) is 94.2 Å². The smallest absolute Gasteiger partial charge is 0.247 e. The molecule has 0 saturated heterocycles. The van der Waals surface area contributed by atoms with E-state index in [1.165, 1.54) is 33.5 Å². The summed E-state index contributed by atoms with van der Waals surface area (Å²) in [6.07, 6.45) is 0. The number of amides is 1. The van der Waals surface area contributed by atoms with Gasteiger partial charge in [-0.2, -0.15) is 4.31 Å². The number of sulfonamides is 1. The van der Waals surface area contributed by atoms with Gasteiger partial charge < -0.3 is 19.5 Å². The summed E-state index contributed by atoms with van der Waals surface area (Å²) >= 11 is 0. The maximum atomic E-state index is 13.7. The fourth-order valence-corrected chi connectivity index (χ4v) is 4.96. The summed E-state index contributed by atoms with van der Waals surface area (Å²) in [5.74, 6) is 0.476. The lowest BCUT2D eigenvalue weighted by Gasteiger charge is -2.23. The van der Waals surface area contributed by atoms with Gasteiger partial charge in [-0.3, -0.25) is 4.79 Å². The van der Waals surface area contributed by atoms with Gasteiger partial charge in [0.05, 0.1) is 33.6 Å². The second kappa shape index (κ2) is 11.0. The van der Waals surface area contributed by atoms with Gasteiger partial charge in [0.1, 0.15) is 22.1 Å². The summed E-state index contributed by atoms with van der Waals surface area (Å²) < 4.78 is 44.4. The monoisotopic (exact) mass is 484 g/mol. The molecule has 1 N–H and O–H groups in total. The Hall–Kier alpha value is -3.56.